The molecule has 0 spiro atoms. The number of rotatable bonds is 12. The largest absolute Gasteiger partial charge is 0.463 e. The van der Waals surface area contributed by atoms with Gasteiger partial charge in [0.1, 0.15) is 11.3 Å². The van der Waals surface area contributed by atoms with Crippen LogP contribution >= 0.6 is 0 Å². The summed E-state index contributed by atoms with van der Waals surface area (Å²) in [7, 11) is 0. The minimum atomic E-state index is -0.355. The highest BCUT2D eigenvalue weighted by atomic mass is 16.5. The Bertz CT molecular complexity index is 1300. The lowest BCUT2D eigenvalue weighted by molar-refractivity contribution is 0.286. The van der Waals surface area contributed by atoms with Crippen LogP contribution in [0.4, 0.5) is 5.82 Å². The van der Waals surface area contributed by atoms with Gasteiger partial charge in [-0.15, -0.1) is 0 Å². The van der Waals surface area contributed by atoms with E-state index in [0.717, 1.165) is 24.1 Å². The zero-order chi connectivity index (χ0) is 24.6. The number of aliphatic hydroxyl groups is 1. The summed E-state index contributed by atoms with van der Waals surface area (Å²) in [6.07, 6.45) is 5.08. The van der Waals surface area contributed by atoms with Crippen LogP contribution in [0.2, 0.25) is 0 Å². The van der Waals surface area contributed by atoms with Gasteiger partial charge < -0.3 is 30.6 Å². The molecule has 12 heteroatoms. The van der Waals surface area contributed by atoms with Gasteiger partial charge in [0.2, 0.25) is 5.88 Å². The van der Waals surface area contributed by atoms with Crippen LogP contribution in [0.5, 0.6) is 17.6 Å². The fraction of sp³-hybridized carbons (Fsp3) is 0.348. The summed E-state index contributed by atoms with van der Waals surface area (Å²) in [5, 5.41) is 11.9. The van der Waals surface area contributed by atoms with Crippen molar-refractivity contribution in [2.75, 3.05) is 25.5 Å². The standard InChI is InChI=1S/C23H28N8O4/c1-2-3-10-34-22-29-20(24)19-21(30-22)31(23(33)28-19)14-15-4-7-18(27-11-15)35-17-6-5-16(26-13-17)12-25-8-9-32/h4-7,11,13,25,32H,2-3,8-10,12,14H2,1H3,(H,28,33)(H2,24,29,30). The fourth-order valence-corrected chi connectivity index (χ4v) is 3.29. The molecule has 4 rings (SSSR count). The van der Waals surface area contributed by atoms with Crippen molar-refractivity contribution in [2.24, 2.45) is 0 Å². The van der Waals surface area contributed by atoms with E-state index in [1.807, 2.05) is 12.1 Å². The number of ether oxygens (including phenoxy) is 2. The monoisotopic (exact) mass is 480 g/mol. The average molecular weight is 481 g/mol. The van der Waals surface area contributed by atoms with Crippen molar-refractivity contribution in [3.63, 3.8) is 0 Å². The molecular formula is C23H28N8O4. The zero-order valence-electron chi connectivity index (χ0n) is 19.4. The van der Waals surface area contributed by atoms with Gasteiger partial charge in [-0.05, 0) is 24.1 Å². The van der Waals surface area contributed by atoms with Crippen molar-refractivity contribution in [1.82, 2.24) is 34.8 Å². The number of anilines is 1. The molecule has 0 aliphatic carbocycles. The molecule has 0 saturated heterocycles. The van der Waals surface area contributed by atoms with E-state index in [0.29, 0.717) is 42.5 Å². The molecule has 184 valence electrons. The molecule has 35 heavy (non-hydrogen) atoms. The number of nitrogens with two attached hydrogens (primary N) is 1. The molecule has 5 N–H and O–H groups in total. The second kappa shape index (κ2) is 11.4. The molecule has 0 fully saturated rings. The van der Waals surface area contributed by atoms with Gasteiger partial charge in [0.05, 0.1) is 31.6 Å². The van der Waals surface area contributed by atoms with Gasteiger partial charge in [0, 0.05) is 25.4 Å². The number of nitrogens with zero attached hydrogens (tertiary/aromatic N) is 5. The van der Waals surface area contributed by atoms with Crippen molar-refractivity contribution in [2.45, 2.75) is 32.9 Å². The lowest BCUT2D eigenvalue weighted by atomic mass is 10.3. The molecule has 0 atom stereocenters. The molecule has 0 radical (unpaired) electrons. The Kier molecular flexibility index (Phi) is 7.85. The molecule has 0 aliphatic heterocycles. The number of imidazole rings is 1. The maximum absolute atomic E-state index is 12.6. The molecule has 4 heterocycles. The number of H-pyrrole nitrogens is 1. The zero-order valence-corrected chi connectivity index (χ0v) is 19.4. The topological polar surface area (TPSA) is 166 Å². The van der Waals surface area contributed by atoms with Gasteiger partial charge in [-0.2, -0.15) is 9.97 Å². The first-order chi connectivity index (χ1) is 17.1. The van der Waals surface area contributed by atoms with E-state index in [2.05, 4.69) is 37.2 Å². The van der Waals surface area contributed by atoms with E-state index >= 15 is 0 Å². The Morgan fingerprint density at radius 1 is 1.17 bits per heavy atom. The molecular weight excluding hydrogens is 452 g/mol. The van der Waals surface area contributed by atoms with Crippen LogP contribution in [0, 0.1) is 0 Å². The molecule has 0 bridgehead atoms. The van der Waals surface area contributed by atoms with Gasteiger partial charge in [-0.1, -0.05) is 19.4 Å². The highest BCUT2D eigenvalue weighted by Gasteiger charge is 2.15. The molecule has 0 aromatic carbocycles. The fourth-order valence-electron chi connectivity index (χ4n) is 3.29. The normalized spacial score (nSPS) is 11.1. The summed E-state index contributed by atoms with van der Waals surface area (Å²) in [6.45, 7) is 3.91. The summed E-state index contributed by atoms with van der Waals surface area (Å²) in [5.74, 6) is 1.10. The maximum Gasteiger partial charge on any atom is 0.328 e. The van der Waals surface area contributed by atoms with E-state index in [1.54, 1.807) is 24.5 Å². The first-order valence-corrected chi connectivity index (χ1v) is 11.4. The van der Waals surface area contributed by atoms with Gasteiger partial charge in [0.25, 0.3) is 0 Å². The van der Waals surface area contributed by atoms with Crippen molar-refractivity contribution in [1.29, 1.82) is 0 Å². The highest BCUT2D eigenvalue weighted by Crippen LogP contribution is 2.21. The Hall–Kier alpha value is -4.03. The van der Waals surface area contributed by atoms with E-state index in [4.69, 9.17) is 20.3 Å². The minimum Gasteiger partial charge on any atom is -0.463 e. The summed E-state index contributed by atoms with van der Waals surface area (Å²) >= 11 is 0. The van der Waals surface area contributed by atoms with E-state index in [9.17, 15) is 4.79 Å². The molecule has 12 nitrogen and oxygen atoms in total. The molecule has 4 aromatic heterocycles. The molecule has 0 amide bonds. The third-order valence-corrected chi connectivity index (χ3v) is 5.11. The van der Waals surface area contributed by atoms with Crippen LogP contribution in [-0.2, 0) is 13.1 Å². The smallest absolute Gasteiger partial charge is 0.328 e. The first-order valence-electron chi connectivity index (χ1n) is 11.4. The van der Waals surface area contributed by atoms with Gasteiger partial charge in [-0.25, -0.2) is 9.78 Å². The van der Waals surface area contributed by atoms with Crippen molar-refractivity contribution in [3.8, 4) is 17.6 Å². The van der Waals surface area contributed by atoms with Crippen LogP contribution in [0.15, 0.2) is 41.5 Å². The van der Waals surface area contributed by atoms with Crippen molar-refractivity contribution >= 4 is 17.0 Å². The van der Waals surface area contributed by atoms with Crippen LogP contribution in [0.3, 0.4) is 0 Å². The third-order valence-electron chi connectivity index (χ3n) is 5.11. The molecule has 0 saturated carbocycles. The Balaban J connectivity index is 1.45. The second-order valence-corrected chi connectivity index (χ2v) is 7.80. The Labute approximate surface area is 201 Å². The number of nitrogen functional groups attached to an aromatic ring is 1. The predicted molar refractivity (Wildman–Crippen MR) is 129 cm³/mol. The number of aromatic nitrogens is 6. The molecule has 0 aliphatic rings. The van der Waals surface area contributed by atoms with Crippen LogP contribution < -0.4 is 26.2 Å². The van der Waals surface area contributed by atoms with E-state index < -0.39 is 0 Å². The number of nitrogens with one attached hydrogen (secondary N) is 2. The van der Waals surface area contributed by atoms with Crippen molar-refractivity contribution < 1.29 is 14.6 Å². The lowest BCUT2D eigenvalue weighted by Crippen LogP contribution is -2.18. The molecule has 0 unspecified atom stereocenters. The van der Waals surface area contributed by atoms with Gasteiger partial charge in [0.15, 0.2) is 11.5 Å². The number of pyridine rings is 2. The number of aromatic amines is 1. The van der Waals surface area contributed by atoms with Crippen LogP contribution in [-0.4, -0.2) is 54.4 Å². The minimum absolute atomic E-state index is 0.0775. The summed E-state index contributed by atoms with van der Waals surface area (Å²) in [5.41, 5.74) is 8.00. The second-order valence-electron chi connectivity index (χ2n) is 7.80. The first kappa shape index (κ1) is 24.1. The number of unbranched alkanes of at least 4 members (excludes halogenated alkanes) is 1. The van der Waals surface area contributed by atoms with Gasteiger partial charge in [-0.3, -0.25) is 9.55 Å². The van der Waals surface area contributed by atoms with Crippen LogP contribution in [0.25, 0.3) is 11.2 Å². The summed E-state index contributed by atoms with van der Waals surface area (Å²) in [6, 6.07) is 7.31. The average Bonchev–Trinajstić information content (AvgIpc) is 3.17. The number of hydrogen-bond donors (Lipinski definition) is 4. The van der Waals surface area contributed by atoms with Gasteiger partial charge >= 0.3 is 11.7 Å². The maximum atomic E-state index is 12.6. The van der Waals surface area contributed by atoms with E-state index in [-0.39, 0.29) is 30.7 Å². The Morgan fingerprint density at radius 3 is 2.77 bits per heavy atom. The van der Waals surface area contributed by atoms with Crippen LogP contribution in [0.1, 0.15) is 31.0 Å². The van der Waals surface area contributed by atoms with E-state index in [1.165, 1.54) is 4.57 Å². The quantitative estimate of drug-likeness (QED) is 0.219. The number of aliphatic hydroxyl groups excluding tert-OH is 1. The predicted octanol–water partition coefficient (Wildman–Crippen LogP) is 1.59. The molecule has 4 aromatic rings. The Morgan fingerprint density at radius 2 is 2.06 bits per heavy atom. The number of fused-ring (bicyclic) bond motifs is 1. The summed E-state index contributed by atoms with van der Waals surface area (Å²) < 4.78 is 12.8. The van der Waals surface area contributed by atoms with Crippen molar-refractivity contribution in [3.05, 3.63) is 58.4 Å². The number of hydrogen-bond acceptors (Lipinski definition) is 10. The summed E-state index contributed by atoms with van der Waals surface area (Å²) in [4.78, 5) is 32.4. The highest BCUT2D eigenvalue weighted by molar-refractivity contribution is 5.81. The lowest BCUT2D eigenvalue weighted by Gasteiger charge is -2.08. The third kappa shape index (κ3) is 6.11. The SMILES string of the molecule is CCCCOc1nc(N)c2[nH]c(=O)n(Cc3ccc(Oc4ccc(CNCCO)nc4)nc3)c2n1.